The van der Waals surface area contributed by atoms with E-state index in [2.05, 4.69) is 10.1 Å². The highest BCUT2D eigenvalue weighted by Crippen LogP contribution is 2.27. The van der Waals surface area contributed by atoms with Gasteiger partial charge in [0.1, 0.15) is 5.56 Å². The number of nitrogens with zero attached hydrogens (tertiary/aromatic N) is 4. The lowest BCUT2D eigenvalue weighted by Gasteiger charge is -2.28. The van der Waals surface area contributed by atoms with Gasteiger partial charge in [0.25, 0.3) is 5.91 Å². The summed E-state index contributed by atoms with van der Waals surface area (Å²) in [6.07, 6.45) is -3.83. The van der Waals surface area contributed by atoms with Gasteiger partial charge in [-0.25, -0.2) is 9.78 Å². The lowest BCUT2D eigenvalue weighted by atomic mass is 10.0. The first-order valence-corrected chi connectivity index (χ1v) is 8.38. The molecule has 0 aliphatic carbocycles. The molecule has 0 saturated heterocycles. The molecule has 1 aliphatic rings. The predicted octanol–water partition coefficient (Wildman–Crippen LogP) is 2.14. The third-order valence-electron chi connectivity index (χ3n) is 4.43. The number of carboxylic acids is 1. The van der Waals surface area contributed by atoms with Crippen molar-refractivity contribution in [3.05, 3.63) is 40.8 Å². The number of aryl methyl sites for hydroxylation is 1. The van der Waals surface area contributed by atoms with Crippen LogP contribution in [0.2, 0.25) is 0 Å². The molecule has 8 nitrogen and oxygen atoms in total. The Labute approximate surface area is 157 Å². The summed E-state index contributed by atoms with van der Waals surface area (Å²) in [5.41, 5.74) is 0.531. The average Bonchev–Trinajstić information content (AvgIpc) is 3.03. The number of carbonyl (C=O) groups is 2. The second-order valence-electron chi connectivity index (χ2n) is 6.20. The zero-order valence-electron chi connectivity index (χ0n) is 14.9. The van der Waals surface area contributed by atoms with Crippen LogP contribution in [0.1, 0.15) is 38.5 Å². The molecule has 1 amide bonds. The minimum Gasteiger partial charge on any atom is -0.480 e. The largest absolute Gasteiger partial charge is 0.480 e. The summed E-state index contributed by atoms with van der Waals surface area (Å²) < 4.78 is 43.8. The number of amides is 1. The second kappa shape index (κ2) is 7.49. The quantitative estimate of drug-likeness (QED) is 0.829. The Morgan fingerprint density at radius 3 is 2.75 bits per heavy atom. The van der Waals surface area contributed by atoms with Crippen LogP contribution in [0, 0.1) is 0 Å². The van der Waals surface area contributed by atoms with E-state index in [1.54, 1.807) is 6.07 Å². The third kappa shape index (κ3) is 3.92. The van der Waals surface area contributed by atoms with E-state index < -0.39 is 31.0 Å². The molecule has 2 aromatic rings. The van der Waals surface area contributed by atoms with Crippen LogP contribution in [0.5, 0.6) is 5.88 Å². The molecular formula is C17H17F3N4O4. The first kappa shape index (κ1) is 19.6. The van der Waals surface area contributed by atoms with Crippen LogP contribution in [0.15, 0.2) is 18.3 Å². The molecule has 11 heteroatoms. The van der Waals surface area contributed by atoms with Gasteiger partial charge in [-0.05, 0) is 12.1 Å². The minimum atomic E-state index is -4.38. The zero-order valence-corrected chi connectivity index (χ0v) is 14.9. The summed E-state index contributed by atoms with van der Waals surface area (Å²) in [7, 11) is 1.38. The molecule has 0 fully saturated rings. The highest BCUT2D eigenvalue weighted by molar-refractivity contribution is 5.96. The monoisotopic (exact) mass is 398 g/mol. The van der Waals surface area contributed by atoms with Crippen molar-refractivity contribution in [3.63, 3.8) is 0 Å². The van der Waals surface area contributed by atoms with Crippen molar-refractivity contribution in [2.45, 2.75) is 32.1 Å². The van der Waals surface area contributed by atoms with E-state index >= 15 is 0 Å². The first-order chi connectivity index (χ1) is 13.2. The number of carboxylic acid groups (broad SMARTS) is 1. The summed E-state index contributed by atoms with van der Waals surface area (Å²) in [6.45, 7) is -0.329. The van der Waals surface area contributed by atoms with Gasteiger partial charge >= 0.3 is 12.1 Å². The van der Waals surface area contributed by atoms with E-state index in [0.717, 1.165) is 4.68 Å². The van der Waals surface area contributed by atoms with Crippen molar-refractivity contribution in [1.29, 1.82) is 0 Å². The number of rotatable bonds is 5. The maximum atomic E-state index is 12.8. The molecule has 3 heterocycles. The number of pyridine rings is 1. The summed E-state index contributed by atoms with van der Waals surface area (Å²) in [5.74, 6) is -1.62. The molecule has 28 heavy (non-hydrogen) atoms. The van der Waals surface area contributed by atoms with E-state index in [0.29, 0.717) is 5.69 Å². The minimum absolute atomic E-state index is 0.0696. The van der Waals surface area contributed by atoms with Crippen LogP contribution in [0.4, 0.5) is 13.2 Å². The normalized spacial score (nSPS) is 13.9. The first-order valence-electron chi connectivity index (χ1n) is 8.38. The number of hydrogen-bond acceptors (Lipinski definition) is 5. The highest BCUT2D eigenvalue weighted by Gasteiger charge is 2.33. The van der Waals surface area contributed by atoms with Crippen molar-refractivity contribution >= 4 is 11.9 Å². The SMILES string of the molecule is COc1ncccc1C(=O)N1CCc2c(c(C(=O)O)nn2CCC(F)(F)F)C1. The molecule has 0 saturated carbocycles. The lowest BCUT2D eigenvalue weighted by molar-refractivity contribution is -0.137. The molecule has 0 atom stereocenters. The Morgan fingerprint density at radius 1 is 1.36 bits per heavy atom. The average molecular weight is 398 g/mol. The molecule has 150 valence electrons. The number of halogens is 3. The fourth-order valence-corrected chi connectivity index (χ4v) is 3.14. The third-order valence-corrected chi connectivity index (χ3v) is 4.43. The van der Waals surface area contributed by atoms with Gasteiger partial charge in [-0.3, -0.25) is 9.48 Å². The molecule has 0 radical (unpaired) electrons. The topological polar surface area (TPSA) is 97.6 Å². The molecule has 0 aromatic carbocycles. The maximum Gasteiger partial charge on any atom is 0.390 e. The number of alkyl halides is 3. The zero-order chi connectivity index (χ0) is 20.5. The van der Waals surface area contributed by atoms with Crippen LogP contribution in [0.25, 0.3) is 0 Å². The molecule has 0 spiro atoms. The Kier molecular flexibility index (Phi) is 5.25. The molecule has 0 bridgehead atoms. The van der Waals surface area contributed by atoms with Gasteiger partial charge in [-0.15, -0.1) is 0 Å². The number of methoxy groups -OCH3 is 1. The number of ether oxygens (including phenoxy) is 1. The van der Waals surface area contributed by atoms with Crippen LogP contribution in [-0.2, 0) is 19.5 Å². The van der Waals surface area contributed by atoms with Gasteiger partial charge in [0, 0.05) is 37.0 Å². The molecule has 0 unspecified atom stereocenters. The molecule has 2 aromatic heterocycles. The summed E-state index contributed by atoms with van der Waals surface area (Å²) in [5, 5.41) is 13.2. The van der Waals surface area contributed by atoms with E-state index in [4.69, 9.17) is 4.74 Å². The van der Waals surface area contributed by atoms with Crippen LogP contribution in [-0.4, -0.2) is 56.5 Å². The Hall–Kier alpha value is -3.11. The highest BCUT2D eigenvalue weighted by atomic mass is 19.4. The van der Waals surface area contributed by atoms with Gasteiger partial charge < -0.3 is 14.7 Å². The van der Waals surface area contributed by atoms with E-state index in [1.165, 1.54) is 24.3 Å². The number of carbonyl (C=O) groups excluding carboxylic acids is 1. The van der Waals surface area contributed by atoms with Crippen LogP contribution >= 0.6 is 0 Å². The fraction of sp³-hybridized carbons (Fsp3) is 0.412. The number of aromatic nitrogens is 3. The van der Waals surface area contributed by atoms with Gasteiger partial charge in [0.15, 0.2) is 5.69 Å². The van der Waals surface area contributed by atoms with Gasteiger partial charge in [-0.2, -0.15) is 18.3 Å². The summed E-state index contributed by atoms with van der Waals surface area (Å²) in [4.78, 5) is 29.7. The van der Waals surface area contributed by atoms with Crippen molar-refractivity contribution in [1.82, 2.24) is 19.7 Å². The van der Waals surface area contributed by atoms with Gasteiger partial charge in [-0.1, -0.05) is 0 Å². The predicted molar refractivity (Wildman–Crippen MR) is 89.1 cm³/mol. The van der Waals surface area contributed by atoms with Crippen molar-refractivity contribution in [3.8, 4) is 5.88 Å². The molecule has 1 aliphatic heterocycles. The molecule has 1 N–H and O–H groups in total. The number of hydrogen-bond donors (Lipinski definition) is 1. The second-order valence-corrected chi connectivity index (χ2v) is 6.20. The van der Waals surface area contributed by atoms with Gasteiger partial charge in [0.2, 0.25) is 5.88 Å². The fourth-order valence-electron chi connectivity index (χ4n) is 3.14. The number of aromatic carboxylic acids is 1. The van der Waals surface area contributed by atoms with Gasteiger partial charge in [0.05, 0.1) is 20.1 Å². The summed E-state index contributed by atoms with van der Waals surface area (Å²) >= 11 is 0. The Morgan fingerprint density at radius 2 is 2.11 bits per heavy atom. The Balaban J connectivity index is 1.88. The van der Waals surface area contributed by atoms with Crippen LogP contribution < -0.4 is 4.74 Å². The standard InChI is InChI=1S/C17H17F3N4O4/c1-28-14-10(3-2-6-21-14)15(25)23-7-4-12-11(9-23)13(16(26)27)22-24(12)8-5-17(18,19)20/h2-3,6H,4-5,7-9H2,1H3,(H,26,27). The van der Waals surface area contributed by atoms with Crippen molar-refractivity contribution < 1.29 is 32.6 Å². The smallest absolute Gasteiger partial charge is 0.390 e. The number of fused-ring (bicyclic) bond motifs is 1. The van der Waals surface area contributed by atoms with Crippen LogP contribution in [0.3, 0.4) is 0 Å². The van der Waals surface area contributed by atoms with E-state index in [9.17, 15) is 27.9 Å². The summed E-state index contributed by atoms with van der Waals surface area (Å²) in [6, 6.07) is 3.11. The molecular weight excluding hydrogens is 381 g/mol. The van der Waals surface area contributed by atoms with Crippen molar-refractivity contribution in [2.24, 2.45) is 0 Å². The Bertz CT molecular complexity index is 910. The van der Waals surface area contributed by atoms with Crippen molar-refractivity contribution in [2.75, 3.05) is 13.7 Å². The maximum absolute atomic E-state index is 12.8. The lowest BCUT2D eigenvalue weighted by Crippen LogP contribution is -2.37. The van der Waals surface area contributed by atoms with E-state index in [-0.39, 0.29) is 42.2 Å². The van der Waals surface area contributed by atoms with E-state index in [1.807, 2.05) is 0 Å². The molecule has 3 rings (SSSR count).